The van der Waals surface area contributed by atoms with Crippen LogP contribution in [-0.2, 0) is 4.79 Å². The Morgan fingerprint density at radius 2 is 1.91 bits per heavy atom. The van der Waals surface area contributed by atoms with Crippen molar-refractivity contribution in [3.63, 3.8) is 0 Å². The molecule has 0 aliphatic heterocycles. The number of aliphatic carboxylic acids is 1. The number of nitriles is 1. The molecule has 0 aromatic heterocycles. The Morgan fingerprint density at radius 3 is 2.00 bits per heavy atom. The van der Waals surface area contributed by atoms with Crippen molar-refractivity contribution < 1.29 is 15.0 Å². The molecule has 0 radical (unpaired) electrons. The summed E-state index contributed by atoms with van der Waals surface area (Å²) < 4.78 is 0. The monoisotopic (exact) mass is 155 g/mol. The van der Waals surface area contributed by atoms with Gasteiger partial charge >= 0.3 is 5.97 Å². The van der Waals surface area contributed by atoms with Crippen molar-refractivity contribution in [2.24, 2.45) is 5.92 Å². The van der Waals surface area contributed by atoms with Gasteiger partial charge in [0, 0.05) is 5.92 Å². The molecule has 0 aromatic rings. The molecule has 0 aromatic carbocycles. The number of rotatable bonds is 2. The Morgan fingerprint density at radius 1 is 1.45 bits per heavy atom. The lowest BCUT2D eigenvalue weighted by molar-refractivity contribution is -0.132. The molecule has 2 N–H and O–H groups in total. The van der Waals surface area contributed by atoms with Crippen LogP contribution >= 0.6 is 0 Å². The highest BCUT2D eigenvalue weighted by Gasteiger charge is 2.15. The maximum absolute atomic E-state index is 10.2. The van der Waals surface area contributed by atoms with E-state index in [0.717, 1.165) is 0 Å². The average molecular weight is 155 g/mol. The highest BCUT2D eigenvalue weighted by Crippen LogP contribution is 2.10. The molecule has 0 spiro atoms. The Labute approximate surface area is 64.4 Å². The van der Waals surface area contributed by atoms with Crippen LogP contribution in [0.15, 0.2) is 11.3 Å². The first-order valence-corrected chi connectivity index (χ1v) is 3.07. The van der Waals surface area contributed by atoms with Gasteiger partial charge in [-0.25, -0.2) is 4.79 Å². The smallest absolute Gasteiger partial charge is 0.349 e. The van der Waals surface area contributed by atoms with E-state index in [0.29, 0.717) is 0 Å². The topological polar surface area (TPSA) is 81.3 Å². The second-order valence-electron chi connectivity index (χ2n) is 2.33. The number of hydrogen-bond donors (Lipinski definition) is 2. The van der Waals surface area contributed by atoms with E-state index in [4.69, 9.17) is 15.5 Å². The normalized spacial score (nSPS) is 12.2. The molecule has 60 valence electrons. The first-order chi connectivity index (χ1) is 5.00. The second-order valence-corrected chi connectivity index (χ2v) is 2.33. The van der Waals surface area contributed by atoms with E-state index in [1.54, 1.807) is 13.8 Å². The maximum atomic E-state index is 10.2. The zero-order valence-corrected chi connectivity index (χ0v) is 6.33. The lowest BCUT2D eigenvalue weighted by Crippen LogP contribution is -2.06. The van der Waals surface area contributed by atoms with Gasteiger partial charge in [-0.05, 0) is 0 Å². The van der Waals surface area contributed by atoms with Crippen LogP contribution in [-0.4, -0.2) is 16.2 Å². The maximum Gasteiger partial charge on any atom is 0.349 e. The standard InChI is InChI=1S/C7H9NO3/c1-4(2)6(9)5(3-8)7(10)11/h4,9H,1-2H3,(H,10,11)/b6-5-. The second kappa shape index (κ2) is 3.62. The predicted octanol–water partition coefficient (Wildman–Crippen LogP) is 1.06. The van der Waals surface area contributed by atoms with Gasteiger partial charge in [0.05, 0.1) is 0 Å². The van der Waals surface area contributed by atoms with E-state index >= 15 is 0 Å². The van der Waals surface area contributed by atoms with Crippen molar-refractivity contribution in [2.75, 3.05) is 0 Å². The van der Waals surface area contributed by atoms with Crippen LogP contribution in [0, 0.1) is 17.2 Å². The first kappa shape index (κ1) is 9.50. The van der Waals surface area contributed by atoms with Crippen molar-refractivity contribution >= 4 is 5.97 Å². The summed E-state index contributed by atoms with van der Waals surface area (Å²) >= 11 is 0. The van der Waals surface area contributed by atoms with Crippen molar-refractivity contribution in [3.8, 4) is 6.07 Å². The van der Waals surface area contributed by atoms with Gasteiger partial charge in [-0.1, -0.05) is 13.8 Å². The summed E-state index contributed by atoms with van der Waals surface area (Å²) in [5.41, 5.74) is -0.583. The molecule has 4 nitrogen and oxygen atoms in total. The lowest BCUT2D eigenvalue weighted by Gasteiger charge is -2.02. The zero-order valence-electron chi connectivity index (χ0n) is 6.33. The van der Waals surface area contributed by atoms with E-state index in [2.05, 4.69) is 0 Å². The van der Waals surface area contributed by atoms with Crippen molar-refractivity contribution in [3.05, 3.63) is 11.3 Å². The highest BCUT2D eigenvalue weighted by atomic mass is 16.4. The van der Waals surface area contributed by atoms with Crippen LogP contribution in [0.2, 0.25) is 0 Å². The van der Waals surface area contributed by atoms with E-state index in [-0.39, 0.29) is 11.7 Å². The number of carbonyl (C=O) groups is 1. The van der Waals surface area contributed by atoms with Crippen molar-refractivity contribution in [1.82, 2.24) is 0 Å². The van der Waals surface area contributed by atoms with Gasteiger partial charge in [-0.3, -0.25) is 0 Å². The van der Waals surface area contributed by atoms with Crippen LogP contribution in [0.1, 0.15) is 13.8 Å². The van der Waals surface area contributed by atoms with Crippen molar-refractivity contribution in [2.45, 2.75) is 13.8 Å². The Bertz CT molecular complexity index is 235. The molecule has 0 amide bonds. The fourth-order valence-electron chi connectivity index (χ4n) is 0.503. The predicted molar refractivity (Wildman–Crippen MR) is 37.7 cm³/mol. The summed E-state index contributed by atoms with van der Waals surface area (Å²) in [6, 6.07) is 1.41. The number of carboxylic acid groups (broad SMARTS) is 1. The van der Waals surface area contributed by atoms with E-state index in [1.165, 1.54) is 6.07 Å². The number of aliphatic hydroxyl groups is 1. The number of allylic oxidation sites excluding steroid dienone is 1. The lowest BCUT2D eigenvalue weighted by atomic mass is 10.1. The minimum atomic E-state index is -1.39. The van der Waals surface area contributed by atoms with Crippen LogP contribution in [0.3, 0.4) is 0 Å². The molecule has 0 aliphatic rings. The molecular formula is C7H9NO3. The Hall–Kier alpha value is -1.50. The van der Waals surface area contributed by atoms with Crippen LogP contribution in [0.5, 0.6) is 0 Å². The van der Waals surface area contributed by atoms with Gasteiger partial charge < -0.3 is 10.2 Å². The van der Waals surface area contributed by atoms with Crippen LogP contribution < -0.4 is 0 Å². The quantitative estimate of drug-likeness (QED) is 0.355. The Balaban J connectivity index is 4.88. The summed E-state index contributed by atoms with van der Waals surface area (Å²) in [6.45, 7) is 3.21. The van der Waals surface area contributed by atoms with Crippen LogP contribution in [0.25, 0.3) is 0 Å². The third-order valence-electron chi connectivity index (χ3n) is 1.13. The fraction of sp³-hybridized carbons (Fsp3) is 0.429. The summed E-state index contributed by atoms with van der Waals surface area (Å²) in [5.74, 6) is -2.10. The molecule has 0 aliphatic carbocycles. The minimum absolute atomic E-state index is 0.333. The SMILES string of the molecule is CC(C)/C(O)=C(\C#N)C(=O)O. The van der Waals surface area contributed by atoms with Gasteiger partial charge in [-0.2, -0.15) is 5.26 Å². The molecule has 0 unspecified atom stereocenters. The molecule has 0 saturated heterocycles. The average Bonchev–Trinajstić information content (AvgIpc) is 1.88. The molecule has 0 bridgehead atoms. The molecule has 0 saturated carbocycles. The third-order valence-corrected chi connectivity index (χ3v) is 1.13. The van der Waals surface area contributed by atoms with Gasteiger partial charge in [0.2, 0.25) is 0 Å². The third kappa shape index (κ3) is 2.30. The van der Waals surface area contributed by atoms with E-state index in [9.17, 15) is 4.79 Å². The summed E-state index contributed by atoms with van der Waals surface area (Å²) in [5, 5.41) is 25.7. The minimum Gasteiger partial charge on any atom is -0.510 e. The molecule has 11 heavy (non-hydrogen) atoms. The molecular weight excluding hydrogens is 146 g/mol. The molecule has 4 heteroatoms. The number of carboxylic acids is 1. The van der Waals surface area contributed by atoms with Gasteiger partial charge in [0.15, 0.2) is 5.57 Å². The number of nitrogens with zero attached hydrogens (tertiary/aromatic N) is 1. The van der Waals surface area contributed by atoms with Gasteiger partial charge in [0.1, 0.15) is 11.8 Å². The van der Waals surface area contributed by atoms with Gasteiger partial charge in [-0.15, -0.1) is 0 Å². The first-order valence-electron chi connectivity index (χ1n) is 3.07. The summed E-state index contributed by atoms with van der Waals surface area (Å²) in [7, 11) is 0. The molecule has 0 heterocycles. The summed E-state index contributed by atoms with van der Waals surface area (Å²) in [4.78, 5) is 10.2. The number of hydrogen-bond acceptors (Lipinski definition) is 3. The molecule has 0 atom stereocenters. The zero-order chi connectivity index (χ0) is 9.02. The molecule has 0 rings (SSSR count). The Kier molecular flexibility index (Phi) is 3.12. The van der Waals surface area contributed by atoms with E-state index in [1.807, 2.05) is 0 Å². The van der Waals surface area contributed by atoms with E-state index < -0.39 is 11.5 Å². The molecule has 0 fully saturated rings. The van der Waals surface area contributed by atoms with Gasteiger partial charge in [0.25, 0.3) is 0 Å². The fourth-order valence-corrected chi connectivity index (χ4v) is 0.503. The number of aliphatic hydroxyl groups excluding tert-OH is 1. The van der Waals surface area contributed by atoms with Crippen molar-refractivity contribution in [1.29, 1.82) is 5.26 Å². The summed E-state index contributed by atoms with van der Waals surface area (Å²) in [6.07, 6.45) is 0. The highest BCUT2D eigenvalue weighted by molar-refractivity contribution is 5.91. The van der Waals surface area contributed by atoms with Crippen LogP contribution in [0.4, 0.5) is 0 Å². The largest absolute Gasteiger partial charge is 0.510 e.